The van der Waals surface area contributed by atoms with Gasteiger partial charge >= 0.3 is 0 Å². The number of hydrogen-bond acceptors (Lipinski definition) is 3. The van der Waals surface area contributed by atoms with Crippen LogP contribution >= 0.6 is 11.6 Å². The highest BCUT2D eigenvalue weighted by Crippen LogP contribution is 2.14. The fraction of sp³-hybridized carbons (Fsp3) is 0.538. The molecule has 1 rings (SSSR count). The molecule has 0 amide bonds. The average Bonchev–Trinajstić information content (AvgIpc) is 2.35. The molecule has 4 heteroatoms. The summed E-state index contributed by atoms with van der Waals surface area (Å²) >= 11 is 5.78. The number of ether oxygens (including phenoxy) is 2. The first-order valence-corrected chi connectivity index (χ1v) is 6.37. The van der Waals surface area contributed by atoms with Crippen LogP contribution in [0.3, 0.4) is 0 Å². The van der Waals surface area contributed by atoms with Crippen LogP contribution in [0.15, 0.2) is 24.3 Å². The second-order valence-corrected chi connectivity index (χ2v) is 4.04. The fourth-order valence-corrected chi connectivity index (χ4v) is 1.47. The van der Waals surface area contributed by atoms with E-state index in [1.165, 1.54) is 0 Å². The van der Waals surface area contributed by atoms with Gasteiger partial charge < -0.3 is 14.8 Å². The number of halogens is 1. The van der Waals surface area contributed by atoms with Gasteiger partial charge in [-0.25, -0.2) is 0 Å². The van der Waals surface area contributed by atoms with Gasteiger partial charge in [-0.05, 0) is 44.2 Å². The van der Waals surface area contributed by atoms with Crippen LogP contribution in [-0.2, 0) is 4.74 Å². The smallest absolute Gasteiger partial charge is 0.119 e. The van der Waals surface area contributed by atoms with Crippen molar-refractivity contribution in [2.75, 3.05) is 32.9 Å². The predicted octanol–water partition coefficient (Wildman–Crippen LogP) is 2.74. The van der Waals surface area contributed by atoms with Crippen molar-refractivity contribution < 1.29 is 9.47 Å². The van der Waals surface area contributed by atoms with Gasteiger partial charge in [0.1, 0.15) is 12.4 Å². The number of rotatable bonds is 9. The van der Waals surface area contributed by atoms with Gasteiger partial charge in [0.2, 0.25) is 0 Å². The third kappa shape index (κ3) is 7.21. The molecule has 96 valence electrons. The highest BCUT2D eigenvalue weighted by Gasteiger charge is 1.93. The molecular formula is C13H20ClNO2. The van der Waals surface area contributed by atoms with E-state index >= 15 is 0 Å². The monoisotopic (exact) mass is 257 g/mol. The molecule has 0 unspecified atom stereocenters. The Morgan fingerprint density at radius 2 is 1.88 bits per heavy atom. The fourth-order valence-electron chi connectivity index (χ4n) is 1.34. The second kappa shape index (κ2) is 9.28. The quantitative estimate of drug-likeness (QED) is 0.690. The lowest BCUT2D eigenvalue weighted by Crippen LogP contribution is -2.23. The Balaban J connectivity index is 1.95. The highest BCUT2D eigenvalue weighted by atomic mass is 35.5. The largest absolute Gasteiger partial charge is 0.492 e. The third-order valence-corrected chi connectivity index (χ3v) is 2.46. The molecule has 17 heavy (non-hydrogen) atoms. The van der Waals surface area contributed by atoms with E-state index in [1.807, 2.05) is 31.2 Å². The van der Waals surface area contributed by atoms with Crippen molar-refractivity contribution in [2.45, 2.75) is 13.3 Å². The number of nitrogens with one attached hydrogen (secondary N) is 1. The standard InChI is InChI=1S/C13H20ClNO2/c1-2-16-10-3-8-15-9-11-17-13-6-4-12(14)5-7-13/h4-7,15H,2-3,8-11H2,1H3. The first kappa shape index (κ1) is 14.3. The molecule has 0 heterocycles. The van der Waals surface area contributed by atoms with E-state index in [0.29, 0.717) is 6.61 Å². The Hall–Kier alpha value is -0.770. The Morgan fingerprint density at radius 1 is 1.12 bits per heavy atom. The van der Waals surface area contributed by atoms with Crippen LogP contribution < -0.4 is 10.1 Å². The van der Waals surface area contributed by atoms with Crippen LogP contribution in [0, 0.1) is 0 Å². The van der Waals surface area contributed by atoms with Gasteiger partial charge in [-0.15, -0.1) is 0 Å². The lowest BCUT2D eigenvalue weighted by Gasteiger charge is -2.07. The van der Waals surface area contributed by atoms with E-state index in [0.717, 1.165) is 43.5 Å². The van der Waals surface area contributed by atoms with Crippen LogP contribution in [-0.4, -0.2) is 32.9 Å². The van der Waals surface area contributed by atoms with Gasteiger partial charge in [0.15, 0.2) is 0 Å². The first-order chi connectivity index (χ1) is 8.33. The molecule has 0 fully saturated rings. The zero-order valence-electron chi connectivity index (χ0n) is 10.2. The zero-order chi connectivity index (χ0) is 12.3. The summed E-state index contributed by atoms with van der Waals surface area (Å²) in [5, 5.41) is 4.02. The molecule has 3 nitrogen and oxygen atoms in total. The Morgan fingerprint density at radius 3 is 2.59 bits per heavy atom. The molecule has 0 aliphatic heterocycles. The Labute approximate surface area is 108 Å². The van der Waals surface area contributed by atoms with E-state index in [-0.39, 0.29) is 0 Å². The molecule has 0 aliphatic rings. The van der Waals surface area contributed by atoms with Gasteiger partial charge in [-0.1, -0.05) is 11.6 Å². The topological polar surface area (TPSA) is 30.5 Å². The van der Waals surface area contributed by atoms with Gasteiger partial charge in [0, 0.05) is 24.8 Å². The van der Waals surface area contributed by atoms with Crippen molar-refractivity contribution in [1.82, 2.24) is 5.32 Å². The molecule has 0 atom stereocenters. The molecule has 0 aliphatic carbocycles. The summed E-state index contributed by atoms with van der Waals surface area (Å²) in [6.07, 6.45) is 1.04. The molecule has 1 aromatic rings. The molecule has 0 aromatic heterocycles. The van der Waals surface area contributed by atoms with E-state index < -0.39 is 0 Å². The van der Waals surface area contributed by atoms with Crippen molar-refractivity contribution in [3.05, 3.63) is 29.3 Å². The minimum atomic E-state index is 0.663. The minimum absolute atomic E-state index is 0.663. The molecule has 0 spiro atoms. The summed E-state index contributed by atoms with van der Waals surface area (Å²) in [6, 6.07) is 7.40. The maximum Gasteiger partial charge on any atom is 0.119 e. The molecule has 0 saturated heterocycles. The summed E-state index contributed by atoms with van der Waals surface area (Å²) in [5.41, 5.74) is 0. The first-order valence-electron chi connectivity index (χ1n) is 5.99. The minimum Gasteiger partial charge on any atom is -0.492 e. The maximum atomic E-state index is 5.78. The number of benzene rings is 1. The molecule has 0 radical (unpaired) electrons. The molecule has 0 bridgehead atoms. The summed E-state index contributed by atoms with van der Waals surface area (Å²) in [4.78, 5) is 0. The summed E-state index contributed by atoms with van der Waals surface area (Å²) in [7, 11) is 0. The molecule has 0 saturated carbocycles. The van der Waals surface area contributed by atoms with Crippen LogP contribution in [0.1, 0.15) is 13.3 Å². The van der Waals surface area contributed by atoms with E-state index in [1.54, 1.807) is 0 Å². The maximum absolute atomic E-state index is 5.78. The predicted molar refractivity (Wildman–Crippen MR) is 70.9 cm³/mol. The van der Waals surface area contributed by atoms with Gasteiger partial charge in [0.25, 0.3) is 0 Å². The van der Waals surface area contributed by atoms with Gasteiger partial charge in [-0.3, -0.25) is 0 Å². The molecule has 1 N–H and O–H groups in total. The Bertz CT molecular complexity index is 290. The summed E-state index contributed by atoms with van der Waals surface area (Å²) < 4.78 is 10.8. The SMILES string of the molecule is CCOCCCNCCOc1ccc(Cl)cc1. The van der Waals surface area contributed by atoms with Crippen molar-refractivity contribution in [3.63, 3.8) is 0 Å². The zero-order valence-corrected chi connectivity index (χ0v) is 11.0. The summed E-state index contributed by atoms with van der Waals surface area (Å²) in [6.45, 7) is 6.09. The average molecular weight is 258 g/mol. The normalized spacial score (nSPS) is 10.5. The third-order valence-electron chi connectivity index (χ3n) is 2.21. The van der Waals surface area contributed by atoms with Crippen molar-refractivity contribution in [2.24, 2.45) is 0 Å². The van der Waals surface area contributed by atoms with E-state index in [2.05, 4.69) is 5.32 Å². The second-order valence-electron chi connectivity index (χ2n) is 3.60. The molecule has 1 aromatic carbocycles. The van der Waals surface area contributed by atoms with Crippen LogP contribution in [0.25, 0.3) is 0 Å². The van der Waals surface area contributed by atoms with Crippen LogP contribution in [0.5, 0.6) is 5.75 Å². The van der Waals surface area contributed by atoms with Gasteiger partial charge in [-0.2, -0.15) is 0 Å². The number of hydrogen-bond donors (Lipinski definition) is 1. The van der Waals surface area contributed by atoms with Crippen LogP contribution in [0.4, 0.5) is 0 Å². The van der Waals surface area contributed by atoms with E-state index in [4.69, 9.17) is 21.1 Å². The van der Waals surface area contributed by atoms with Crippen molar-refractivity contribution in [3.8, 4) is 5.75 Å². The molecular weight excluding hydrogens is 238 g/mol. The van der Waals surface area contributed by atoms with Crippen molar-refractivity contribution in [1.29, 1.82) is 0 Å². The summed E-state index contributed by atoms with van der Waals surface area (Å²) in [5.74, 6) is 0.852. The highest BCUT2D eigenvalue weighted by molar-refractivity contribution is 6.30. The lowest BCUT2D eigenvalue weighted by molar-refractivity contribution is 0.144. The lowest BCUT2D eigenvalue weighted by atomic mass is 10.3. The Kier molecular flexibility index (Phi) is 7.80. The van der Waals surface area contributed by atoms with Crippen LogP contribution in [0.2, 0.25) is 5.02 Å². The van der Waals surface area contributed by atoms with E-state index in [9.17, 15) is 0 Å². The van der Waals surface area contributed by atoms with Gasteiger partial charge in [0.05, 0.1) is 0 Å². The van der Waals surface area contributed by atoms with Crippen molar-refractivity contribution >= 4 is 11.6 Å².